The maximum Gasteiger partial charge on any atom is 0.320 e. The second kappa shape index (κ2) is 9.76. The maximum absolute atomic E-state index is 10.1. The number of thioether (sulfide) groups is 1. The fourth-order valence-electron chi connectivity index (χ4n) is 0.368. The lowest BCUT2D eigenvalue weighted by Crippen LogP contribution is -2.30. The number of carboxylic acid groups (broad SMARTS) is 1. The SMILES string of the molecule is CC(N)=S.CSCCC(N)C(=O)O. The predicted molar refractivity (Wildman–Crippen MR) is 61.1 cm³/mol. The van der Waals surface area contributed by atoms with Crippen LogP contribution >= 0.6 is 24.0 Å². The van der Waals surface area contributed by atoms with Gasteiger partial charge in [0.15, 0.2) is 0 Å². The number of hydrogen-bond donors (Lipinski definition) is 3. The number of aliphatic carboxylic acids is 1. The van der Waals surface area contributed by atoms with Crippen molar-refractivity contribution in [2.24, 2.45) is 11.5 Å². The molecule has 0 bridgehead atoms. The molecule has 0 radical (unpaired) electrons. The van der Waals surface area contributed by atoms with Crippen LogP contribution in [0.1, 0.15) is 13.3 Å². The van der Waals surface area contributed by atoms with Crippen LogP contribution in [0.3, 0.4) is 0 Å². The van der Waals surface area contributed by atoms with E-state index in [9.17, 15) is 4.79 Å². The van der Waals surface area contributed by atoms with E-state index in [1.807, 2.05) is 6.26 Å². The second-order valence-corrected chi connectivity index (χ2v) is 3.97. The van der Waals surface area contributed by atoms with Gasteiger partial charge in [0.05, 0.1) is 4.99 Å². The summed E-state index contributed by atoms with van der Waals surface area (Å²) in [4.78, 5) is 10.6. The molecule has 0 aromatic rings. The molecule has 6 heteroatoms. The highest BCUT2D eigenvalue weighted by molar-refractivity contribution is 7.98. The molecule has 1 atom stereocenters. The molecule has 78 valence electrons. The highest BCUT2D eigenvalue weighted by Crippen LogP contribution is 1.97. The lowest BCUT2D eigenvalue weighted by atomic mass is 10.2. The van der Waals surface area contributed by atoms with Crippen LogP contribution in [0.15, 0.2) is 0 Å². The lowest BCUT2D eigenvalue weighted by Gasteiger charge is -2.02. The zero-order chi connectivity index (χ0) is 10.9. The van der Waals surface area contributed by atoms with Gasteiger partial charge in [0, 0.05) is 0 Å². The quantitative estimate of drug-likeness (QED) is 0.601. The third kappa shape index (κ3) is 18.5. The predicted octanol–water partition coefficient (Wildman–Crippen LogP) is 0.444. The Labute approximate surface area is 88.1 Å². The molecule has 0 rings (SSSR count). The van der Waals surface area contributed by atoms with Gasteiger partial charge in [-0.15, -0.1) is 0 Å². The minimum Gasteiger partial charge on any atom is -0.480 e. The number of rotatable bonds is 4. The van der Waals surface area contributed by atoms with Crippen molar-refractivity contribution in [1.29, 1.82) is 0 Å². The van der Waals surface area contributed by atoms with E-state index >= 15 is 0 Å². The Morgan fingerprint density at radius 3 is 2.31 bits per heavy atom. The first-order valence-corrected chi connectivity index (χ1v) is 5.45. The van der Waals surface area contributed by atoms with Gasteiger partial charge >= 0.3 is 5.97 Å². The highest BCUT2D eigenvalue weighted by atomic mass is 32.2. The van der Waals surface area contributed by atoms with Crippen molar-refractivity contribution < 1.29 is 9.90 Å². The van der Waals surface area contributed by atoms with Gasteiger partial charge in [-0.3, -0.25) is 4.79 Å². The first-order chi connectivity index (χ1) is 5.91. The second-order valence-electron chi connectivity index (χ2n) is 2.34. The summed E-state index contributed by atoms with van der Waals surface area (Å²) in [5, 5.41) is 8.27. The van der Waals surface area contributed by atoms with Crippen molar-refractivity contribution in [3.05, 3.63) is 0 Å². The molecule has 0 aliphatic carbocycles. The molecular formula is C7H16N2O2S2. The van der Waals surface area contributed by atoms with E-state index < -0.39 is 12.0 Å². The van der Waals surface area contributed by atoms with Crippen molar-refractivity contribution in [3.8, 4) is 0 Å². The third-order valence-corrected chi connectivity index (χ3v) is 1.59. The molecule has 0 aliphatic heterocycles. The van der Waals surface area contributed by atoms with Gasteiger partial charge in [-0.1, -0.05) is 12.2 Å². The van der Waals surface area contributed by atoms with Gasteiger partial charge in [-0.05, 0) is 25.4 Å². The average Bonchev–Trinajstić information content (AvgIpc) is 1.98. The number of carboxylic acids is 1. The Morgan fingerprint density at radius 2 is 2.08 bits per heavy atom. The molecule has 0 saturated carbocycles. The number of carbonyl (C=O) groups is 1. The fourth-order valence-corrected chi connectivity index (χ4v) is 0.858. The van der Waals surface area contributed by atoms with Gasteiger partial charge in [-0.25, -0.2) is 0 Å². The number of thiocarbonyl (C=S) groups is 1. The zero-order valence-electron chi connectivity index (χ0n) is 7.82. The van der Waals surface area contributed by atoms with Crippen molar-refractivity contribution in [2.75, 3.05) is 12.0 Å². The summed E-state index contributed by atoms with van der Waals surface area (Å²) < 4.78 is 0. The summed E-state index contributed by atoms with van der Waals surface area (Å²) in [6, 6.07) is -0.683. The molecule has 0 aliphatic rings. The lowest BCUT2D eigenvalue weighted by molar-refractivity contribution is -0.138. The highest BCUT2D eigenvalue weighted by Gasteiger charge is 2.08. The van der Waals surface area contributed by atoms with E-state index in [1.54, 1.807) is 18.7 Å². The summed E-state index contributed by atoms with van der Waals surface area (Å²) in [7, 11) is 0. The van der Waals surface area contributed by atoms with Crippen molar-refractivity contribution in [1.82, 2.24) is 0 Å². The minimum absolute atomic E-state index is 0.500. The average molecular weight is 224 g/mol. The molecule has 0 heterocycles. The molecule has 0 spiro atoms. The van der Waals surface area contributed by atoms with E-state index in [4.69, 9.17) is 16.6 Å². The monoisotopic (exact) mass is 224 g/mol. The van der Waals surface area contributed by atoms with Crippen LogP contribution in [0, 0.1) is 0 Å². The van der Waals surface area contributed by atoms with Gasteiger partial charge in [0.2, 0.25) is 0 Å². The minimum atomic E-state index is -0.913. The van der Waals surface area contributed by atoms with Gasteiger partial charge in [0.1, 0.15) is 6.04 Å². The number of nitrogens with two attached hydrogens (primary N) is 2. The summed E-state index contributed by atoms with van der Waals surface area (Å²) in [6.07, 6.45) is 2.48. The van der Waals surface area contributed by atoms with Crippen LogP contribution in [-0.4, -0.2) is 34.1 Å². The normalized spacial score (nSPS) is 11.0. The van der Waals surface area contributed by atoms with Crippen LogP contribution in [-0.2, 0) is 4.79 Å². The molecule has 0 aromatic heterocycles. The molecule has 0 saturated heterocycles. The van der Waals surface area contributed by atoms with E-state index in [2.05, 4.69) is 12.2 Å². The zero-order valence-corrected chi connectivity index (χ0v) is 9.45. The third-order valence-electron chi connectivity index (χ3n) is 0.950. The van der Waals surface area contributed by atoms with Gasteiger partial charge in [-0.2, -0.15) is 11.8 Å². The fraction of sp³-hybridized carbons (Fsp3) is 0.714. The summed E-state index contributed by atoms with van der Waals surface area (Å²) in [5.74, 6) is -0.1000. The van der Waals surface area contributed by atoms with Crippen LogP contribution in [0.2, 0.25) is 0 Å². The van der Waals surface area contributed by atoms with E-state index in [1.165, 1.54) is 0 Å². The standard InChI is InChI=1S/C5H11NO2S.C2H5NS/c1-9-3-2-4(6)5(7)8;1-2(3)4/h4H,2-3,6H2,1H3,(H,7,8);1H3,(H2,3,4). The molecule has 0 aromatic carbocycles. The number of hydrogen-bond acceptors (Lipinski definition) is 4. The topological polar surface area (TPSA) is 89.3 Å². The van der Waals surface area contributed by atoms with Gasteiger partial charge < -0.3 is 16.6 Å². The Hall–Kier alpha value is -0.330. The summed E-state index contributed by atoms with van der Waals surface area (Å²) >= 11 is 5.92. The molecule has 13 heavy (non-hydrogen) atoms. The Balaban J connectivity index is 0. The van der Waals surface area contributed by atoms with Crippen molar-refractivity contribution in [2.45, 2.75) is 19.4 Å². The van der Waals surface area contributed by atoms with Crippen molar-refractivity contribution >= 4 is 34.9 Å². The Morgan fingerprint density at radius 1 is 1.69 bits per heavy atom. The van der Waals surface area contributed by atoms with Crippen LogP contribution in [0.25, 0.3) is 0 Å². The molecule has 5 N–H and O–H groups in total. The molecule has 0 amide bonds. The Kier molecular flexibility index (Phi) is 11.4. The molecule has 4 nitrogen and oxygen atoms in total. The summed E-state index contributed by atoms with van der Waals surface area (Å²) in [5.41, 5.74) is 10.0. The summed E-state index contributed by atoms with van der Waals surface area (Å²) in [6.45, 7) is 1.68. The van der Waals surface area contributed by atoms with Crippen LogP contribution in [0.5, 0.6) is 0 Å². The molecular weight excluding hydrogens is 208 g/mol. The van der Waals surface area contributed by atoms with E-state index in [-0.39, 0.29) is 0 Å². The largest absolute Gasteiger partial charge is 0.480 e. The van der Waals surface area contributed by atoms with Crippen LogP contribution in [0.4, 0.5) is 0 Å². The van der Waals surface area contributed by atoms with E-state index in [0.29, 0.717) is 11.4 Å². The first-order valence-electron chi connectivity index (χ1n) is 3.65. The van der Waals surface area contributed by atoms with Crippen LogP contribution < -0.4 is 11.5 Å². The maximum atomic E-state index is 10.1. The Bertz CT molecular complexity index is 161. The van der Waals surface area contributed by atoms with E-state index in [0.717, 1.165) is 5.75 Å². The first kappa shape index (κ1) is 15.2. The van der Waals surface area contributed by atoms with Gasteiger partial charge in [0.25, 0.3) is 0 Å². The molecule has 1 unspecified atom stereocenters. The smallest absolute Gasteiger partial charge is 0.320 e. The molecule has 0 fully saturated rings. The van der Waals surface area contributed by atoms with Crippen molar-refractivity contribution in [3.63, 3.8) is 0 Å².